The van der Waals surface area contributed by atoms with Crippen molar-refractivity contribution in [3.63, 3.8) is 0 Å². The van der Waals surface area contributed by atoms with Gasteiger partial charge in [-0.25, -0.2) is 28.6 Å². The van der Waals surface area contributed by atoms with E-state index < -0.39 is 84.6 Å². The summed E-state index contributed by atoms with van der Waals surface area (Å²) in [5, 5.41) is 26.5. The molecule has 0 aromatic carbocycles. The van der Waals surface area contributed by atoms with E-state index in [4.69, 9.17) is 19.5 Å². The average Bonchev–Trinajstić information content (AvgIpc) is 3.72. The van der Waals surface area contributed by atoms with E-state index in [9.17, 15) is 57.9 Å². The number of anilines is 1. The van der Waals surface area contributed by atoms with Gasteiger partial charge in [-0.2, -0.15) is 4.31 Å². The summed E-state index contributed by atoms with van der Waals surface area (Å²) in [5.74, 6) is -1.07. The van der Waals surface area contributed by atoms with Gasteiger partial charge in [-0.05, 0) is 25.7 Å². The van der Waals surface area contributed by atoms with Crippen molar-refractivity contribution in [1.29, 1.82) is 0 Å². The maximum absolute atomic E-state index is 12.7. The van der Waals surface area contributed by atoms with Crippen molar-refractivity contribution in [1.82, 2.24) is 30.2 Å². The number of nitrogens with zero attached hydrogens (tertiary/aromatic N) is 4. The number of aromatic nitrogens is 4. The van der Waals surface area contributed by atoms with Crippen molar-refractivity contribution in [2.24, 2.45) is 5.41 Å². The molecule has 60 heavy (non-hydrogen) atoms. The quantitative estimate of drug-likeness (QED) is 0.0368. The smallest absolute Gasteiger partial charge is 0.386 e. The third kappa shape index (κ3) is 17.1. The largest absolute Gasteiger partial charge is 0.481 e. The highest BCUT2D eigenvalue weighted by molar-refractivity contribution is 8.13. The van der Waals surface area contributed by atoms with E-state index in [2.05, 4.69) is 47.4 Å². The van der Waals surface area contributed by atoms with Crippen LogP contribution >= 0.6 is 35.2 Å². The first-order valence-corrected chi connectivity index (χ1v) is 23.9. The number of rotatable bonds is 26. The van der Waals surface area contributed by atoms with Crippen LogP contribution in [0.2, 0.25) is 0 Å². The first-order valence-electron chi connectivity index (χ1n) is 18.4. The van der Waals surface area contributed by atoms with Gasteiger partial charge in [-0.1, -0.05) is 56.8 Å². The summed E-state index contributed by atoms with van der Waals surface area (Å²) >= 11 is 1.12. The molecule has 10 N–H and O–H groups in total. The van der Waals surface area contributed by atoms with Gasteiger partial charge in [0.2, 0.25) is 11.8 Å². The number of allylic oxidation sites excluding steroid dienone is 4. The Kier molecular flexibility index (Phi) is 20.1. The number of thioether (sulfide) groups is 1. The molecule has 3 heterocycles. The van der Waals surface area contributed by atoms with E-state index in [-0.39, 0.29) is 41.6 Å². The third-order valence-corrected chi connectivity index (χ3v) is 12.4. The first-order chi connectivity index (χ1) is 28.1. The monoisotopic (exact) mass is 931 g/mol. The highest BCUT2D eigenvalue weighted by atomic mass is 32.2. The van der Waals surface area contributed by atoms with Gasteiger partial charge in [-0.3, -0.25) is 32.5 Å². The number of nitrogens with two attached hydrogens (primary N) is 1. The molecule has 0 saturated carbocycles. The lowest BCUT2D eigenvalue weighted by molar-refractivity contribution is -0.137. The second kappa shape index (κ2) is 23.5. The predicted molar refractivity (Wildman–Crippen MR) is 214 cm³/mol. The van der Waals surface area contributed by atoms with E-state index in [0.29, 0.717) is 12.2 Å². The number of hydrogen-bond donors (Lipinski definition) is 9. The fourth-order valence-corrected chi connectivity index (χ4v) is 8.84. The molecule has 1 fully saturated rings. The molecule has 0 bridgehead atoms. The Labute approximate surface area is 349 Å². The molecule has 1 aliphatic heterocycles. The molecule has 7 atom stereocenters. The number of hydrogen-bond acceptors (Lipinski definition) is 18. The number of nitrogens with one attached hydrogen (secondary N) is 2. The Morgan fingerprint density at radius 1 is 1.02 bits per heavy atom. The van der Waals surface area contributed by atoms with Crippen LogP contribution < -0.4 is 16.4 Å². The molecular weight excluding hydrogens is 879 g/mol. The van der Waals surface area contributed by atoms with Crippen LogP contribution in [0.25, 0.3) is 11.2 Å². The third-order valence-electron chi connectivity index (χ3n) is 8.39. The standard InChI is InChI=1S/C32H52N7O17P3S/c1-4-5-6-7-8-9-10-11-12-23(41)60-16-15-34-22(40)13-14-35-30(44)27(43)32(2,3)18-53-59(50,51)56-58(48,49)52-17-21-26(55-57(45,46)47)25(42)31(54-21)39-20-38-24-28(33)36-19-37-29(24)39/h5-8,19-21,25-27,31,42-43H,4,9-18H2,1-3H3,(H,34,40)(H,35,44)(H,48,49)(H,50,51)(H2,33,36,37)(H2,45,46,47)/b6-5+,8-7+. The summed E-state index contributed by atoms with van der Waals surface area (Å²) in [7, 11) is -16.4. The van der Waals surface area contributed by atoms with Gasteiger partial charge in [0.15, 0.2) is 22.8 Å². The molecule has 2 amide bonds. The van der Waals surface area contributed by atoms with Gasteiger partial charge in [0.25, 0.3) is 0 Å². The molecule has 1 aliphatic rings. The number of aliphatic hydroxyl groups excluding tert-OH is 2. The van der Waals surface area contributed by atoms with E-state index in [1.807, 2.05) is 18.2 Å². The van der Waals surface area contributed by atoms with Gasteiger partial charge in [0.1, 0.15) is 36.3 Å². The van der Waals surface area contributed by atoms with Crippen LogP contribution in [0.1, 0.15) is 65.5 Å². The minimum atomic E-state index is -5.57. The molecule has 0 radical (unpaired) electrons. The summed E-state index contributed by atoms with van der Waals surface area (Å²) in [6.07, 6.45) is 5.10. The molecule has 0 spiro atoms. The van der Waals surface area contributed by atoms with Crippen LogP contribution in [0, 0.1) is 5.41 Å². The zero-order chi connectivity index (χ0) is 44.7. The van der Waals surface area contributed by atoms with Crippen LogP contribution in [0.3, 0.4) is 0 Å². The van der Waals surface area contributed by atoms with E-state index in [1.165, 1.54) is 13.8 Å². The number of fused-ring (bicyclic) bond motifs is 1. The number of unbranched alkanes of at least 4 members (excludes halogenated alkanes) is 2. The lowest BCUT2D eigenvalue weighted by Crippen LogP contribution is -2.46. The summed E-state index contributed by atoms with van der Waals surface area (Å²) < 4.78 is 62.2. The van der Waals surface area contributed by atoms with Crippen molar-refractivity contribution >= 4 is 69.1 Å². The van der Waals surface area contributed by atoms with E-state index in [0.717, 1.165) is 54.7 Å². The van der Waals surface area contributed by atoms with Crippen LogP contribution in [-0.4, -0.2) is 123 Å². The van der Waals surface area contributed by atoms with Crippen LogP contribution in [0.4, 0.5) is 5.82 Å². The lowest BCUT2D eigenvalue weighted by Gasteiger charge is -2.30. The molecule has 2 aromatic heterocycles. The van der Waals surface area contributed by atoms with Crippen LogP contribution in [0.15, 0.2) is 37.0 Å². The number of carbonyl (C=O) groups is 3. The van der Waals surface area contributed by atoms with E-state index >= 15 is 0 Å². The van der Waals surface area contributed by atoms with Gasteiger partial charge in [0.05, 0.1) is 19.5 Å². The summed E-state index contributed by atoms with van der Waals surface area (Å²) in [6.45, 7) is 2.58. The Hall–Kier alpha value is -2.96. The number of imidazole rings is 1. The number of phosphoric acid groups is 3. The molecule has 0 aliphatic carbocycles. The Morgan fingerprint density at radius 2 is 1.72 bits per heavy atom. The van der Waals surface area contributed by atoms with Crippen LogP contribution in [0.5, 0.6) is 0 Å². The predicted octanol–water partition coefficient (Wildman–Crippen LogP) is 1.75. The number of nitrogen functional groups attached to an aromatic ring is 1. The molecule has 338 valence electrons. The highest BCUT2D eigenvalue weighted by Gasteiger charge is 2.50. The zero-order valence-corrected chi connectivity index (χ0v) is 36.4. The molecule has 24 nitrogen and oxygen atoms in total. The Bertz CT molecular complexity index is 1960. The zero-order valence-electron chi connectivity index (χ0n) is 32.9. The van der Waals surface area contributed by atoms with Crippen molar-refractivity contribution < 1.29 is 80.5 Å². The number of phosphoric ester groups is 3. The SMILES string of the molecule is CC/C=C/C=C/CCCCC(=O)SCCNC(=O)CCNC(=O)C(O)C(C)(C)COP(=O)(O)OP(=O)(O)OCC1OC(n2cnc3c(N)ncnc32)C(O)C1OP(=O)(O)O. The first kappa shape index (κ1) is 51.4. The minimum absolute atomic E-state index is 0.0241. The fourth-order valence-electron chi connectivity index (χ4n) is 5.29. The fraction of sp³-hybridized carbons (Fsp3) is 0.625. The Balaban J connectivity index is 1.41. The van der Waals surface area contributed by atoms with Gasteiger partial charge in [-0.15, -0.1) is 0 Å². The maximum atomic E-state index is 12.7. The lowest BCUT2D eigenvalue weighted by atomic mass is 9.87. The topological polar surface area (TPSA) is 364 Å². The molecule has 2 aromatic rings. The molecular formula is C32H52N7O17P3S. The van der Waals surface area contributed by atoms with Crippen molar-refractivity contribution in [3.05, 3.63) is 37.0 Å². The second-order valence-corrected chi connectivity index (χ2v) is 19.2. The number of amides is 2. The van der Waals surface area contributed by atoms with Crippen molar-refractivity contribution in [2.45, 2.75) is 89.9 Å². The summed E-state index contributed by atoms with van der Waals surface area (Å²) in [4.78, 5) is 87.9. The van der Waals surface area contributed by atoms with Gasteiger partial charge in [0, 0.05) is 37.1 Å². The second-order valence-electron chi connectivity index (χ2n) is 13.8. The van der Waals surface area contributed by atoms with Crippen molar-refractivity contribution in [3.8, 4) is 0 Å². The number of carbonyl (C=O) groups excluding carboxylic acids is 3. The Morgan fingerprint density at radius 3 is 2.42 bits per heavy atom. The van der Waals surface area contributed by atoms with E-state index in [1.54, 1.807) is 0 Å². The highest BCUT2D eigenvalue weighted by Crippen LogP contribution is 2.61. The summed E-state index contributed by atoms with van der Waals surface area (Å²) in [5.41, 5.74) is 4.27. The maximum Gasteiger partial charge on any atom is 0.481 e. The summed E-state index contributed by atoms with van der Waals surface area (Å²) in [6, 6.07) is 0. The van der Waals surface area contributed by atoms with Crippen LogP contribution in [-0.2, 0) is 50.7 Å². The molecule has 7 unspecified atom stereocenters. The average molecular weight is 932 g/mol. The van der Waals surface area contributed by atoms with Gasteiger partial charge < -0.3 is 50.9 Å². The normalized spacial score (nSPS) is 21.3. The van der Waals surface area contributed by atoms with Crippen molar-refractivity contribution in [2.75, 3.05) is 37.8 Å². The number of ether oxygens (including phenoxy) is 1. The number of aliphatic hydroxyl groups is 2. The molecule has 1 saturated heterocycles. The minimum Gasteiger partial charge on any atom is -0.386 e. The molecule has 3 rings (SSSR count). The van der Waals surface area contributed by atoms with Gasteiger partial charge >= 0.3 is 23.5 Å². The molecule has 28 heteroatoms.